The Morgan fingerprint density at radius 1 is 1.05 bits per heavy atom. The minimum atomic E-state index is -3.12. The first kappa shape index (κ1) is 14.8. The number of nitrogens with zero attached hydrogens (tertiary/aromatic N) is 1. The highest BCUT2D eigenvalue weighted by Crippen LogP contribution is 2.18. The molecule has 0 N–H and O–H groups in total. The molecular weight excluding hydrogens is 282 g/mol. The van der Waals surface area contributed by atoms with Gasteiger partial charge in [0.05, 0.1) is 5.75 Å². The Hall–Kier alpha value is -0.580. The summed E-state index contributed by atoms with van der Waals surface area (Å²) in [6.07, 6.45) is 3.03. The summed E-state index contributed by atoms with van der Waals surface area (Å²) in [6, 6.07) is 8.23. The lowest BCUT2D eigenvalue weighted by Crippen LogP contribution is -2.35. The fourth-order valence-corrected chi connectivity index (χ4v) is 4.19. The highest BCUT2D eigenvalue weighted by Gasteiger charge is 2.23. The summed E-state index contributed by atoms with van der Waals surface area (Å²) in [5.41, 5.74) is 2.56. The normalized spacial score (nSPS) is 16.9. The molecule has 0 unspecified atom stereocenters. The molecule has 1 aromatic rings. The van der Waals surface area contributed by atoms with Crippen molar-refractivity contribution < 1.29 is 8.42 Å². The quantitative estimate of drug-likeness (QED) is 0.619. The lowest BCUT2D eigenvalue weighted by molar-refractivity contribution is 0.425. The van der Waals surface area contributed by atoms with Crippen LogP contribution in [0.4, 0.5) is 0 Å². The molecular formula is C14H20ClNO2S. The molecule has 1 heterocycles. The number of rotatable bonds is 5. The van der Waals surface area contributed by atoms with Gasteiger partial charge in [-0.1, -0.05) is 24.3 Å². The molecule has 5 heteroatoms. The molecule has 0 amide bonds. The van der Waals surface area contributed by atoms with E-state index < -0.39 is 10.0 Å². The summed E-state index contributed by atoms with van der Waals surface area (Å²) in [6.45, 7) is 1.19. The third kappa shape index (κ3) is 3.94. The van der Waals surface area contributed by atoms with Crippen LogP contribution in [-0.4, -0.2) is 37.4 Å². The van der Waals surface area contributed by atoms with E-state index in [4.69, 9.17) is 11.6 Å². The molecule has 0 saturated heterocycles. The van der Waals surface area contributed by atoms with Crippen molar-refractivity contribution in [1.82, 2.24) is 4.31 Å². The van der Waals surface area contributed by atoms with Gasteiger partial charge in [-0.25, -0.2) is 12.7 Å². The second-order valence-corrected chi connectivity index (χ2v) is 7.35. The van der Waals surface area contributed by atoms with Crippen molar-refractivity contribution in [2.45, 2.75) is 25.7 Å². The largest absolute Gasteiger partial charge is 0.214 e. The van der Waals surface area contributed by atoms with Crippen molar-refractivity contribution in [1.29, 1.82) is 0 Å². The van der Waals surface area contributed by atoms with Gasteiger partial charge in [-0.15, -0.1) is 11.6 Å². The number of hydrogen-bond donors (Lipinski definition) is 0. The predicted octanol–water partition coefficient (Wildman–Crippen LogP) is 2.44. The summed E-state index contributed by atoms with van der Waals surface area (Å²) in [7, 11) is -3.12. The molecule has 0 radical (unpaired) electrons. The lowest BCUT2D eigenvalue weighted by atomic mass is 10.0. The molecule has 0 spiro atoms. The van der Waals surface area contributed by atoms with E-state index in [9.17, 15) is 8.42 Å². The zero-order valence-electron chi connectivity index (χ0n) is 11.0. The van der Waals surface area contributed by atoms with Crippen molar-refractivity contribution in [3.05, 3.63) is 35.4 Å². The van der Waals surface area contributed by atoms with Gasteiger partial charge >= 0.3 is 0 Å². The first-order chi connectivity index (χ1) is 9.13. The van der Waals surface area contributed by atoms with Crippen molar-refractivity contribution >= 4 is 21.6 Å². The molecule has 1 aromatic carbocycles. The number of hydrogen-bond acceptors (Lipinski definition) is 2. The van der Waals surface area contributed by atoms with E-state index in [-0.39, 0.29) is 5.75 Å². The van der Waals surface area contributed by atoms with Gasteiger partial charge in [0, 0.05) is 19.0 Å². The van der Waals surface area contributed by atoms with Crippen LogP contribution in [0.1, 0.15) is 24.0 Å². The molecule has 0 aromatic heterocycles. The number of fused-ring (bicyclic) bond motifs is 1. The van der Waals surface area contributed by atoms with Crippen LogP contribution >= 0.6 is 11.6 Å². The van der Waals surface area contributed by atoms with Gasteiger partial charge in [-0.05, 0) is 36.8 Å². The number of alkyl halides is 1. The molecule has 3 nitrogen and oxygen atoms in total. The van der Waals surface area contributed by atoms with E-state index in [0.717, 1.165) is 19.3 Å². The van der Waals surface area contributed by atoms with Crippen LogP contribution in [0, 0.1) is 0 Å². The average molecular weight is 302 g/mol. The van der Waals surface area contributed by atoms with Gasteiger partial charge in [0.2, 0.25) is 10.0 Å². The second kappa shape index (κ2) is 6.73. The third-order valence-corrected chi connectivity index (χ3v) is 5.78. The van der Waals surface area contributed by atoms with Crippen molar-refractivity contribution in [3.8, 4) is 0 Å². The van der Waals surface area contributed by atoms with Crippen LogP contribution in [0.25, 0.3) is 0 Å². The van der Waals surface area contributed by atoms with E-state index in [1.165, 1.54) is 11.1 Å². The monoisotopic (exact) mass is 301 g/mol. The van der Waals surface area contributed by atoms with Crippen LogP contribution in [0.5, 0.6) is 0 Å². The Labute approximate surface area is 120 Å². The minimum absolute atomic E-state index is 0.218. The first-order valence-electron chi connectivity index (χ1n) is 6.74. The molecule has 1 aliphatic heterocycles. The Morgan fingerprint density at radius 2 is 1.63 bits per heavy atom. The molecule has 19 heavy (non-hydrogen) atoms. The van der Waals surface area contributed by atoms with Crippen LogP contribution in [0.3, 0.4) is 0 Å². The average Bonchev–Trinajstić information content (AvgIpc) is 2.61. The Morgan fingerprint density at radius 3 is 2.16 bits per heavy atom. The molecule has 106 valence electrons. The second-order valence-electron chi connectivity index (χ2n) is 4.88. The number of halogens is 1. The Bertz CT molecular complexity index is 489. The summed E-state index contributed by atoms with van der Waals surface area (Å²) in [5.74, 6) is 0.747. The summed E-state index contributed by atoms with van der Waals surface area (Å²) < 4.78 is 26.1. The van der Waals surface area contributed by atoms with Crippen LogP contribution < -0.4 is 0 Å². The minimum Gasteiger partial charge on any atom is -0.212 e. The van der Waals surface area contributed by atoms with E-state index in [1.54, 1.807) is 4.31 Å². The van der Waals surface area contributed by atoms with Gasteiger partial charge in [0.15, 0.2) is 0 Å². The SMILES string of the molecule is O=S(=O)(CCCCCl)N1CCc2ccccc2CC1. The molecule has 1 aliphatic rings. The number of unbranched alkanes of at least 4 members (excludes halogenated alkanes) is 1. The van der Waals surface area contributed by atoms with Gasteiger partial charge in [0.1, 0.15) is 0 Å². The fourth-order valence-electron chi connectivity index (χ4n) is 2.43. The Balaban J connectivity index is 2.01. The molecule has 0 atom stereocenters. The zero-order valence-corrected chi connectivity index (χ0v) is 12.6. The topological polar surface area (TPSA) is 37.4 Å². The highest BCUT2D eigenvalue weighted by molar-refractivity contribution is 7.89. The van der Waals surface area contributed by atoms with Crippen LogP contribution in [-0.2, 0) is 22.9 Å². The van der Waals surface area contributed by atoms with E-state index in [0.29, 0.717) is 25.4 Å². The van der Waals surface area contributed by atoms with Gasteiger partial charge in [0.25, 0.3) is 0 Å². The van der Waals surface area contributed by atoms with Gasteiger partial charge in [-0.3, -0.25) is 0 Å². The molecule has 0 saturated carbocycles. The number of benzene rings is 1. The summed E-state index contributed by atoms with van der Waals surface area (Å²) >= 11 is 5.59. The zero-order chi connectivity index (χ0) is 13.7. The van der Waals surface area contributed by atoms with Crippen molar-refractivity contribution in [2.24, 2.45) is 0 Å². The van der Waals surface area contributed by atoms with E-state index in [2.05, 4.69) is 12.1 Å². The van der Waals surface area contributed by atoms with Crippen molar-refractivity contribution in [2.75, 3.05) is 24.7 Å². The highest BCUT2D eigenvalue weighted by atomic mass is 35.5. The Kier molecular flexibility index (Phi) is 5.25. The summed E-state index contributed by atoms with van der Waals surface area (Å²) in [4.78, 5) is 0. The van der Waals surface area contributed by atoms with Crippen LogP contribution in [0.2, 0.25) is 0 Å². The van der Waals surface area contributed by atoms with E-state index in [1.807, 2.05) is 12.1 Å². The molecule has 0 bridgehead atoms. The number of sulfonamides is 1. The van der Waals surface area contributed by atoms with Crippen LogP contribution in [0.15, 0.2) is 24.3 Å². The van der Waals surface area contributed by atoms with Gasteiger partial charge in [-0.2, -0.15) is 0 Å². The lowest BCUT2D eigenvalue weighted by Gasteiger charge is -2.19. The standard InChI is InChI=1S/C14H20ClNO2S/c15-9-3-4-12-19(17,18)16-10-7-13-5-1-2-6-14(13)8-11-16/h1-2,5-6H,3-4,7-12H2. The fraction of sp³-hybridized carbons (Fsp3) is 0.571. The molecule has 0 aliphatic carbocycles. The van der Waals surface area contributed by atoms with E-state index >= 15 is 0 Å². The maximum atomic E-state index is 12.2. The maximum Gasteiger partial charge on any atom is 0.214 e. The third-order valence-electron chi connectivity index (χ3n) is 3.56. The van der Waals surface area contributed by atoms with Crippen molar-refractivity contribution in [3.63, 3.8) is 0 Å². The molecule has 2 rings (SSSR count). The smallest absolute Gasteiger partial charge is 0.212 e. The predicted molar refractivity (Wildman–Crippen MR) is 79.2 cm³/mol. The first-order valence-corrected chi connectivity index (χ1v) is 8.88. The van der Waals surface area contributed by atoms with Gasteiger partial charge < -0.3 is 0 Å². The molecule has 0 fully saturated rings. The maximum absolute atomic E-state index is 12.2. The summed E-state index contributed by atoms with van der Waals surface area (Å²) in [5, 5.41) is 0.